The third kappa shape index (κ3) is 6.42. The van der Waals surface area contributed by atoms with Crippen LogP contribution in [0.1, 0.15) is 65.7 Å². The fourth-order valence-corrected chi connectivity index (χ4v) is 3.06. The molecule has 1 fully saturated rings. The van der Waals surface area contributed by atoms with Crippen LogP contribution in [0.5, 0.6) is 0 Å². The summed E-state index contributed by atoms with van der Waals surface area (Å²) in [6, 6.07) is 0. The van der Waals surface area contributed by atoms with Crippen molar-refractivity contribution >= 4 is 5.97 Å². The molecule has 112 valence electrons. The molecule has 0 heterocycles. The van der Waals surface area contributed by atoms with Crippen LogP contribution in [0.25, 0.3) is 0 Å². The van der Waals surface area contributed by atoms with Crippen LogP contribution >= 0.6 is 0 Å². The zero-order valence-corrected chi connectivity index (χ0v) is 12.9. The lowest BCUT2D eigenvalue weighted by Crippen LogP contribution is -2.25. The molecule has 1 rings (SSSR count). The van der Waals surface area contributed by atoms with Gasteiger partial charge in [0.05, 0.1) is 0 Å². The number of nitrogens with two attached hydrogens (primary N) is 1. The molecule has 0 bridgehead atoms. The summed E-state index contributed by atoms with van der Waals surface area (Å²) in [5.41, 5.74) is 5.62. The predicted molar refractivity (Wildman–Crippen MR) is 78.7 cm³/mol. The summed E-state index contributed by atoms with van der Waals surface area (Å²) in [7, 11) is 0. The maximum absolute atomic E-state index is 11.9. The van der Waals surface area contributed by atoms with Crippen molar-refractivity contribution in [2.45, 2.75) is 71.8 Å². The van der Waals surface area contributed by atoms with E-state index in [2.05, 4.69) is 20.8 Å². The van der Waals surface area contributed by atoms with Crippen LogP contribution < -0.4 is 5.73 Å². The first-order valence-electron chi connectivity index (χ1n) is 7.92. The molecule has 3 heteroatoms. The smallest absolute Gasteiger partial charge is 0.306 e. The van der Waals surface area contributed by atoms with Gasteiger partial charge in [-0.2, -0.15) is 0 Å². The summed E-state index contributed by atoms with van der Waals surface area (Å²) < 4.78 is 5.60. The molecule has 3 atom stereocenters. The Morgan fingerprint density at radius 1 is 1.32 bits per heavy atom. The summed E-state index contributed by atoms with van der Waals surface area (Å²) in [4.78, 5) is 11.9. The van der Waals surface area contributed by atoms with Gasteiger partial charge in [-0.25, -0.2) is 0 Å². The third-order valence-corrected chi connectivity index (χ3v) is 4.39. The van der Waals surface area contributed by atoms with E-state index in [0.717, 1.165) is 25.7 Å². The highest BCUT2D eigenvalue weighted by molar-refractivity contribution is 5.69. The third-order valence-electron chi connectivity index (χ3n) is 4.39. The molecule has 0 aliphatic heterocycles. The van der Waals surface area contributed by atoms with Gasteiger partial charge in [0, 0.05) is 6.42 Å². The van der Waals surface area contributed by atoms with Crippen LogP contribution in [0.15, 0.2) is 0 Å². The minimum absolute atomic E-state index is 0.0122. The fraction of sp³-hybridized carbons (Fsp3) is 0.938. The number of hydrogen-bond donors (Lipinski definition) is 1. The molecular weight excluding hydrogens is 238 g/mol. The monoisotopic (exact) mass is 269 g/mol. The molecular formula is C16H31NO2. The molecule has 3 unspecified atom stereocenters. The number of carbonyl (C=O) groups excluding carboxylic acids is 1. The molecule has 1 saturated carbocycles. The van der Waals surface area contributed by atoms with Gasteiger partial charge >= 0.3 is 5.97 Å². The quantitative estimate of drug-likeness (QED) is 0.720. The Morgan fingerprint density at radius 3 is 2.63 bits per heavy atom. The molecule has 0 amide bonds. The molecule has 0 aromatic carbocycles. The van der Waals surface area contributed by atoms with Gasteiger partial charge < -0.3 is 10.5 Å². The molecule has 0 aromatic rings. The topological polar surface area (TPSA) is 52.3 Å². The molecule has 2 N–H and O–H groups in total. The van der Waals surface area contributed by atoms with E-state index in [1.54, 1.807) is 0 Å². The fourth-order valence-electron chi connectivity index (χ4n) is 3.06. The molecule has 19 heavy (non-hydrogen) atoms. The van der Waals surface area contributed by atoms with Gasteiger partial charge in [-0.1, -0.05) is 27.2 Å². The van der Waals surface area contributed by atoms with Gasteiger partial charge in [-0.05, 0) is 56.4 Å². The van der Waals surface area contributed by atoms with E-state index >= 15 is 0 Å². The second-order valence-corrected chi connectivity index (χ2v) is 6.50. The maximum atomic E-state index is 11.9. The zero-order chi connectivity index (χ0) is 14.3. The lowest BCUT2D eigenvalue weighted by atomic mass is 9.88. The number of ether oxygens (including phenoxy) is 1. The molecule has 1 aliphatic rings. The zero-order valence-electron chi connectivity index (χ0n) is 12.9. The molecule has 3 nitrogen and oxygen atoms in total. The first-order chi connectivity index (χ1) is 9.02. The summed E-state index contributed by atoms with van der Waals surface area (Å²) in [6.45, 7) is 7.36. The van der Waals surface area contributed by atoms with Gasteiger partial charge in [0.1, 0.15) is 6.10 Å². The van der Waals surface area contributed by atoms with Gasteiger partial charge in [-0.3, -0.25) is 4.79 Å². The summed E-state index contributed by atoms with van der Waals surface area (Å²) >= 11 is 0. The summed E-state index contributed by atoms with van der Waals surface area (Å²) in [5, 5.41) is 0. The average molecular weight is 269 g/mol. The number of esters is 1. The SMILES string of the molecule is CC1CCCC(OC(=O)CCC(CCN)C(C)C)C1. The number of carbonyl (C=O) groups is 1. The van der Waals surface area contributed by atoms with Crippen molar-refractivity contribution in [2.24, 2.45) is 23.5 Å². The van der Waals surface area contributed by atoms with E-state index in [0.29, 0.717) is 30.7 Å². The second kappa shape index (κ2) is 8.57. The largest absolute Gasteiger partial charge is 0.462 e. The van der Waals surface area contributed by atoms with Crippen molar-refractivity contribution in [3.05, 3.63) is 0 Å². The van der Waals surface area contributed by atoms with Gasteiger partial charge in [-0.15, -0.1) is 0 Å². The van der Waals surface area contributed by atoms with Crippen molar-refractivity contribution in [1.29, 1.82) is 0 Å². The van der Waals surface area contributed by atoms with Crippen molar-refractivity contribution in [1.82, 2.24) is 0 Å². The van der Waals surface area contributed by atoms with Crippen LogP contribution in [0.4, 0.5) is 0 Å². The molecule has 0 aromatic heterocycles. The van der Waals surface area contributed by atoms with E-state index in [4.69, 9.17) is 10.5 Å². The van der Waals surface area contributed by atoms with E-state index in [1.165, 1.54) is 12.8 Å². The van der Waals surface area contributed by atoms with Crippen molar-refractivity contribution in [2.75, 3.05) is 6.54 Å². The van der Waals surface area contributed by atoms with E-state index in [1.807, 2.05) is 0 Å². The van der Waals surface area contributed by atoms with E-state index in [-0.39, 0.29) is 12.1 Å². The average Bonchev–Trinajstić information content (AvgIpc) is 2.34. The van der Waals surface area contributed by atoms with Crippen molar-refractivity contribution < 1.29 is 9.53 Å². The molecule has 0 saturated heterocycles. The normalized spacial score (nSPS) is 25.3. The highest BCUT2D eigenvalue weighted by atomic mass is 16.5. The number of hydrogen-bond acceptors (Lipinski definition) is 3. The Bertz CT molecular complexity index is 265. The van der Waals surface area contributed by atoms with E-state index < -0.39 is 0 Å². The Kier molecular flexibility index (Phi) is 7.44. The van der Waals surface area contributed by atoms with Crippen LogP contribution in [0.3, 0.4) is 0 Å². The van der Waals surface area contributed by atoms with Crippen LogP contribution in [0.2, 0.25) is 0 Å². The summed E-state index contributed by atoms with van der Waals surface area (Å²) in [6.07, 6.45) is 7.20. The Morgan fingerprint density at radius 2 is 2.05 bits per heavy atom. The highest BCUT2D eigenvalue weighted by Gasteiger charge is 2.22. The van der Waals surface area contributed by atoms with Gasteiger partial charge in [0.2, 0.25) is 0 Å². The predicted octanol–water partition coefficient (Wildman–Crippen LogP) is 3.51. The molecule has 1 aliphatic carbocycles. The second-order valence-electron chi connectivity index (χ2n) is 6.50. The lowest BCUT2D eigenvalue weighted by molar-refractivity contribution is -0.151. The molecule has 0 radical (unpaired) electrons. The van der Waals surface area contributed by atoms with Crippen molar-refractivity contribution in [3.8, 4) is 0 Å². The Labute approximate surface area is 118 Å². The Hall–Kier alpha value is -0.570. The minimum Gasteiger partial charge on any atom is -0.462 e. The first kappa shape index (κ1) is 16.5. The van der Waals surface area contributed by atoms with Crippen LogP contribution in [-0.2, 0) is 9.53 Å². The van der Waals surface area contributed by atoms with Gasteiger partial charge in [0.15, 0.2) is 0 Å². The van der Waals surface area contributed by atoms with Crippen molar-refractivity contribution in [3.63, 3.8) is 0 Å². The van der Waals surface area contributed by atoms with Crippen LogP contribution in [-0.4, -0.2) is 18.6 Å². The van der Waals surface area contributed by atoms with Gasteiger partial charge in [0.25, 0.3) is 0 Å². The van der Waals surface area contributed by atoms with Crippen LogP contribution in [0, 0.1) is 17.8 Å². The highest BCUT2D eigenvalue weighted by Crippen LogP contribution is 2.27. The number of rotatable bonds is 7. The first-order valence-corrected chi connectivity index (χ1v) is 7.92. The standard InChI is InChI=1S/C16H31NO2/c1-12(2)14(9-10-17)7-8-16(18)19-15-6-4-5-13(3)11-15/h12-15H,4-11,17H2,1-3H3. The lowest BCUT2D eigenvalue weighted by Gasteiger charge is -2.27. The molecule has 0 spiro atoms. The minimum atomic E-state index is -0.0122. The summed E-state index contributed by atoms with van der Waals surface area (Å²) in [5.74, 6) is 1.82. The maximum Gasteiger partial charge on any atom is 0.306 e. The van der Waals surface area contributed by atoms with E-state index in [9.17, 15) is 4.79 Å². The Balaban J connectivity index is 2.26.